The average molecular weight is 531 g/mol. The third-order valence-corrected chi connectivity index (χ3v) is 8.47. The van der Waals surface area contributed by atoms with Crippen molar-refractivity contribution < 1.29 is 0 Å². The molecule has 1 unspecified atom stereocenters. The van der Waals surface area contributed by atoms with Gasteiger partial charge < -0.3 is 5.41 Å². The summed E-state index contributed by atoms with van der Waals surface area (Å²) in [6.07, 6.45) is 41.5. The van der Waals surface area contributed by atoms with Crippen molar-refractivity contribution in [2.24, 2.45) is 5.92 Å². The molecule has 0 saturated carbocycles. The molecule has 0 saturated heterocycles. The monoisotopic (exact) mass is 531 g/mol. The van der Waals surface area contributed by atoms with Crippen molar-refractivity contribution >= 4 is 5.71 Å². The molecule has 224 valence electrons. The molecule has 0 fully saturated rings. The van der Waals surface area contributed by atoms with E-state index in [1.54, 1.807) is 0 Å². The molecule has 0 aromatic rings. The zero-order valence-electron chi connectivity index (χ0n) is 26.4. The summed E-state index contributed by atoms with van der Waals surface area (Å²) in [5, 5.41) is 17.9. The Balaban J connectivity index is 3.41. The normalized spacial score (nSPS) is 12.0. The van der Waals surface area contributed by atoms with Crippen molar-refractivity contribution in [3.05, 3.63) is 0 Å². The Morgan fingerprint density at radius 3 is 1.00 bits per heavy atom. The molecule has 0 bridgehead atoms. The summed E-state index contributed by atoms with van der Waals surface area (Å²) >= 11 is 0. The Kier molecular flexibility index (Phi) is 31.7. The zero-order chi connectivity index (χ0) is 27.8. The van der Waals surface area contributed by atoms with Crippen molar-refractivity contribution in [1.29, 1.82) is 10.7 Å². The average Bonchev–Trinajstić information content (AvgIpc) is 2.93. The molecule has 1 N–H and O–H groups in total. The maximum atomic E-state index is 9.54. The number of rotatable bonds is 32. The van der Waals surface area contributed by atoms with Gasteiger partial charge in [-0.1, -0.05) is 194 Å². The summed E-state index contributed by atoms with van der Waals surface area (Å²) in [5.74, 6) is -0.126. The molecule has 0 aliphatic carbocycles. The number of nitrogens with one attached hydrogen (secondary N) is 1. The minimum Gasteiger partial charge on any atom is -0.308 e. The SMILES string of the molecule is CCCCCCCCCCCCCCCCCC(=N)C(C#N)CCCCCCCCCCCCCCCC. The van der Waals surface area contributed by atoms with Gasteiger partial charge in [-0.15, -0.1) is 0 Å². The summed E-state index contributed by atoms with van der Waals surface area (Å²) in [7, 11) is 0. The van der Waals surface area contributed by atoms with Crippen LogP contribution in [0.5, 0.6) is 0 Å². The van der Waals surface area contributed by atoms with Crippen LogP contribution in [0.2, 0.25) is 0 Å². The molecule has 0 aromatic heterocycles. The van der Waals surface area contributed by atoms with E-state index in [2.05, 4.69) is 19.9 Å². The second-order valence-corrected chi connectivity index (χ2v) is 12.3. The van der Waals surface area contributed by atoms with E-state index in [0.29, 0.717) is 5.71 Å². The lowest BCUT2D eigenvalue weighted by molar-refractivity contribution is 0.527. The van der Waals surface area contributed by atoms with Crippen LogP contribution in [0.4, 0.5) is 0 Å². The highest BCUT2D eigenvalue weighted by atomic mass is 14.4. The first-order valence-corrected chi connectivity index (χ1v) is 17.7. The first-order valence-electron chi connectivity index (χ1n) is 17.7. The molecule has 0 aliphatic heterocycles. The Morgan fingerprint density at radius 1 is 0.447 bits per heavy atom. The molecule has 0 radical (unpaired) electrons. The highest BCUT2D eigenvalue weighted by Gasteiger charge is 2.13. The Bertz CT molecular complexity index is 506. The van der Waals surface area contributed by atoms with Crippen molar-refractivity contribution in [2.45, 2.75) is 213 Å². The lowest BCUT2D eigenvalue weighted by atomic mass is 9.93. The molecule has 38 heavy (non-hydrogen) atoms. The molecule has 0 aromatic carbocycles. The van der Waals surface area contributed by atoms with E-state index in [9.17, 15) is 5.26 Å². The second kappa shape index (κ2) is 32.4. The van der Waals surface area contributed by atoms with Crippen LogP contribution >= 0.6 is 0 Å². The number of unbranched alkanes of at least 4 members (excludes halogenated alkanes) is 27. The van der Waals surface area contributed by atoms with Crippen molar-refractivity contribution in [1.82, 2.24) is 0 Å². The fraction of sp³-hybridized carbons (Fsp3) is 0.944. The molecule has 0 spiro atoms. The van der Waals surface area contributed by atoms with Gasteiger partial charge in [0.05, 0.1) is 12.0 Å². The third kappa shape index (κ3) is 28.2. The predicted molar refractivity (Wildman–Crippen MR) is 171 cm³/mol. The van der Waals surface area contributed by atoms with E-state index in [1.807, 2.05) is 0 Å². The van der Waals surface area contributed by atoms with E-state index in [4.69, 9.17) is 5.41 Å². The van der Waals surface area contributed by atoms with Crippen LogP contribution in [0.1, 0.15) is 213 Å². The maximum Gasteiger partial charge on any atom is 0.0838 e. The summed E-state index contributed by atoms with van der Waals surface area (Å²) < 4.78 is 0. The Hall–Kier alpha value is -0.840. The molecule has 0 amide bonds. The summed E-state index contributed by atoms with van der Waals surface area (Å²) in [6, 6.07) is 2.43. The number of nitriles is 1. The van der Waals surface area contributed by atoms with Gasteiger partial charge in [0, 0.05) is 5.71 Å². The maximum absolute atomic E-state index is 9.54. The third-order valence-electron chi connectivity index (χ3n) is 8.47. The first-order chi connectivity index (χ1) is 18.8. The van der Waals surface area contributed by atoms with E-state index in [-0.39, 0.29) is 5.92 Å². The Labute approximate surface area is 241 Å². The standard InChI is InChI=1S/C36H70N2/c1-3-5-7-9-11-13-15-17-19-21-23-25-27-29-31-33-36(38)35(34-37)32-30-28-26-24-22-20-18-16-14-12-10-8-6-4-2/h35,38H,3-33H2,1-2H3. The van der Waals surface area contributed by atoms with Crippen LogP contribution in [-0.4, -0.2) is 5.71 Å². The van der Waals surface area contributed by atoms with Gasteiger partial charge in [-0.05, 0) is 19.3 Å². The van der Waals surface area contributed by atoms with Crippen LogP contribution < -0.4 is 0 Å². The highest BCUT2D eigenvalue weighted by molar-refractivity contribution is 5.85. The minimum absolute atomic E-state index is 0.126. The van der Waals surface area contributed by atoms with Crippen molar-refractivity contribution in [3.63, 3.8) is 0 Å². The van der Waals surface area contributed by atoms with Crippen LogP contribution in [0.3, 0.4) is 0 Å². The molecule has 2 heteroatoms. The molecular formula is C36H70N2. The summed E-state index contributed by atoms with van der Waals surface area (Å²) in [4.78, 5) is 0. The van der Waals surface area contributed by atoms with Gasteiger partial charge in [0.2, 0.25) is 0 Å². The van der Waals surface area contributed by atoms with Gasteiger partial charge in [0.15, 0.2) is 0 Å². The van der Waals surface area contributed by atoms with Crippen LogP contribution in [0, 0.1) is 22.7 Å². The van der Waals surface area contributed by atoms with Gasteiger partial charge in [-0.25, -0.2) is 0 Å². The van der Waals surface area contributed by atoms with Gasteiger partial charge in [-0.2, -0.15) is 5.26 Å². The van der Waals surface area contributed by atoms with Crippen LogP contribution in [0.25, 0.3) is 0 Å². The fourth-order valence-electron chi connectivity index (χ4n) is 5.72. The van der Waals surface area contributed by atoms with Gasteiger partial charge in [0.25, 0.3) is 0 Å². The number of hydrogen-bond acceptors (Lipinski definition) is 2. The minimum atomic E-state index is -0.126. The van der Waals surface area contributed by atoms with E-state index in [1.165, 1.54) is 173 Å². The van der Waals surface area contributed by atoms with E-state index >= 15 is 0 Å². The van der Waals surface area contributed by atoms with Crippen molar-refractivity contribution in [3.8, 4) is 6.07 Å². The highest BCUT2D eigenvalue weighted by Crippen LogP contribution is 2.18. The molecule has 0 rings (SSSR count). The van der Waals surface area contributed by atoms with Gasteiger partial charge >= 0.3 is 0 Å². The van der Waals surface area contributed by atoms with Gasteiger partial charge in [0.1, 0.15) is 0 Å². The largest absolute Gasteiger partial charge is 0.308 e. The number of nitrogens with zero attached hydrogens (tertiary/aromatic N) is 1. The van der Waals surface area contributed by atoms with E-state index in [0.717, 1.165) is 25.7 Å². The first kappa shape index (κ1) is 37.2. The predicted octanol–water partition coefficient (Wildman–Crippen LogP) is 13.3. The molecule has 0 aliphatic rings. The van der Waals surface area contributed by atoms with E-state index < -0.39 is 0 Å². The smallest absolute Gasteiger partial charge is 0.0838 e. The zero-order valence-corrected chi connectivity index (χ0v) is 26.4. The fourth-order valence-corrected chi connectivity index (χ4v) is 5.72. The number of hydrogen-bond donors (Lipinski definition) is 1. The Morgan fingerprint density at radius 2 is 0.711 bits per heavy atom. The quantitative estimate of drug-likeness (QED) is 0.0682. The molecule has 2 nitrogen and oxygen atoms in total. The summed E-state index contributed by atoms with van der Waals surface area (Å²) in [5.41, 5.74) is 0.705. The summed E-state index contributed by atoms with van der Waals surface area (Å²) in [6.45, 7) is 4.58. The van der Waals surface area contributed by atoms with Crippen LogP contribution in [0.15, 0.2) is 0 Å². The molecular weight excluding hydrogens is 460 g/mol. The topological polar surface area (TPSA) is 47.6 Å². The lowest BCUT2D eigenvalue weighted by Gasteiger charge is -2.11. The molecule has 0 heterocycles. The van der Waals surface area contributed by atoms with Crippen molar-refractivity contribution in [2.75, 3.05) is 0 Å². The lowest BCUT2D eigenvalue weighted by Crippen LogP contribution is -2.11. The second-order valence-electron chi connectivity index (χ2n) is 12.3. The van der Waals surface area contributed by atoms with Crippen LogP contribution in [-0.2, 0) is 0 Å². The molecule has 1 atom stereocenters. The van der Waals surface area contributed by atoms with Gasteiger partial charge in [-0.3, -0.25) is 0 Å².